The van der Waals surface area contributed by atoms with Crippen molar-refractivity contribution in [1.82, 2.24) is 20.4 Å². The van der Waals surface area contributed by atoms with Crippen LogP contribution >= 0.6 is 0 Å². The van der Waals surface area contributed by atoms with Crippen molar-refractivity contribution in [3.8, 4) is 0 Å². The van der Waals surface area contributed by atoms with Crippen molar-refractivity contribution in [3.05, 3.63) is 17.5 Å². The summed E-state index contributed by atoms with van der Waals surface area (Å²) in [4.78, 5) is 0. The van der Waals surface area contributed by atoms with Crippen LogP contribution in [0.1, 0.15) is 38.6 Å². The topological polar surface area (TPSA) is 41.9 Å². The van der Waals surface area contributed by atoms with Gasteiger partial charge in [0, 0.05) is 19.6 Å². The third-order valence-corrected chi connectivity index (χ3v) is 2.78. The summed E-state index contributed by atoms with van der Waals surface area (Å²) in [7, 11) is 2.01. The lowest BCUT2D eigenvalue weighted by atomic mass is 10.3. The highest BCUT2D eigenvalue weighted by Crippen LogP contribution is 2.03. The van der Waals surface area contributed by atoms with Gasteiger partial charge in [-0.2, -0.15) is 5.10 Å². The standard InChI is InChI=1S/C13H26N4/c1-5-12-9-13(17(4)16-12)10-14-7-6-8-15-11(2)3/h9,11,14-15H,5-8,10H2,1-4H3. The highest BCUT2D eigenvalue weighted by molar-refractivity contribution is 5.09. The summed E-state index contributed by atoms with van der Waals surface area (Å²) in [5, 5.41) is 11.3. The van der Waals surface area contributed by atoms with Crippen LogP contribution in [-0.4, -0.2) is 28.9 Å². The van der Waals surface area contributed by atoms with Gasteiger partial charge in [0.25, 0.3) is 0 Å². The first-order chi connectivity index (χ1) is 8.13. The summed E-state index contributed by atoms with van der Waals surface area (Å²) in [6, 6.07) is 2.76. The molecular formula is C13H26N4. The Kier molecular flexibility index (Phi) is 6.22. The molecule has 98 valence electrons. The predicted octanol–water partition coefficient (Wildman–Crippen LogP) is 1.46. The first-order valence-corrected chi connectivity index (χ1v) is 6.59. The molecule has 1 aromatic rings. The highest BCUT2D eigenvalue weighted by Gasteiger charge is 2.02. The van der Waals surface area contributed by atoms with Gasteiger partial charge in [0.15, 0.2) is 0 Å². The van der Waals surface area contributed by atoms with Crippen LogP contribution in [0.5, 0.6) is 0 Å². The summed E-state index contributed by atoms with van der Waals surface area (Å²) >= 11 is 0. The fourth-order valence-electron chi connectivity index (χ4n) is 1.73. The van der Waals surface area contributed by atoms with Gasteiger partial charge < -0.3 is 10.6 Å². The molecular weight excluding hydrogens is 212 g/mol. The highest BCUT2D eigenvalue weighted by atomic mass is 15.3. The van der Waals surface area contributed by atoms with E-state index in [9.17, 15) is 0 Å². The second-order valence-corrected chi connectivity index (χ2v) is 4.74. The minimum absolute atomic E-state index is 0.583. The minimum Gasteiger partial charge on any atom is -0.314 e. The number of aryl methyl sites for hydroxylation is 2. The normalized spacial score (nSPS) is 11.4. The maximum atomic E-state index is 4.43. The van der Waals surface area contributed by atoms with Crippen molar-refractivity contribution >= 4 is 0 Å². The Morgan fingerprint density at radius 2 is 2.12 bits per heavy atom. The Morgan fingerprint density at radius 1 is 1.35 bits per heavy atom. The van der Waals surface area contributed by atoms with Crippen LogP contribution in [-0.2, 0) is 20.0 Å². The smallest absolute Gasteiger partial charge is 0.0625 e. The van der Waals surface area contributed by atoms with Crippen molar-refractivity contribution in [2.24, 2.45) is 7.05 Å². The van der Waals surface area contributed by atoms with E-state index in [4.69, 9.17) is 0 Å². The third-order valence-electron chi connectivity index (χ3n) is 2.78. The number of nitrogens with zero attached hydrogens (tertiary/aromatic N) is 2. The largest absolute Gasteiger partial charge is 0.314 e. The quantitative estimate of drug-likeness (QED) is 0.674. The number of hydrogen-bond acceptors (Lipinski definition) is 3. The van der Waals surface area contributed by atoms with E-state index in [1.807, 2.05) is 11.7 Å². The number of aromatic nitrogens is 2. The Bertz CT molecular complexity index is 317. The van der Waals surface area contributed by atoms with Crippen LogP contribution in [0.4, 0.5) is 0 Å². The van der Waals surface area contributed by atoms with Gasteiger partial charge >= 0.3 is 0 Å². The van der Waals surface area contributed by atoms with E-state index in [1.165, 1.54) is 11.4 Å². The zero-order chi connectivity index (χ0) is 12.7. The molecule has 0 atom stereocenters. The minimum atomic E-state index is 0.583. The molecule has 1 aromatic heterocycles. The van der Waals surface area contributed by atoms with Crippen LogP contribution in [0.25, 0.3) is 0 Å². The van der Waals surface area contributed by atoms with Gasteiger partial charge in [-0.3, -0.25) is 4.68 Å². The molecule has 0 fully saturated rings. The van der Waals surface area contributed by atoms with E-state index in [2.05, 4.69) is 42.6 Å². The van der Waals surface area contributed by atoms with Gasteiger partial charge in [-0.05, 0) is 32.0 Å². The Morgan fingerprint density at radius 3 is 2.71 bits per heavy atom. The molecule has 0 aliphatic carbocycles. The molecule has 0 aromatic carbocycles. The molecule has 1 rings (SSSR count). The fourth-order valence-corrected chi connectivity index (χ4v) is 1.73. The number of hydrogen-bond donors (Lipinski definition) is 2. The summed E-state index contributed by atoms with van der Waals surface area (Å²) < 4.78 is 1.97. The van der Waals surface area contributed by atoms with Crippen molar-refractivity contribution in [1.29, 1.82) is 0 Å². The maximum absolute atomic E-state index is 4.43. The first-order valence-electron chi connectivity index (χ1n) is 6.59. The molecule has 0 saturated carbocycles. The second-order valence-electron chi connectivity index (χ2n) is 4.74. The zero-order valence-electron chi connectivity index (χ0n) is 11.6. The van der Waals surface area contributed by atoms with Crippen molar-refractivity contribution in [3.63, 3.8) is 0 Å². The Hall–Kier alpha value is -0.870. The Balaban J connectivity index is 2.15. The summed E-state index contributed by atoms with van der Waals surface area (Å²) in [5.41, 5.74) is 2.43. The molecule has 17 heavy (non-hydrogen) atoms. The predicted molar refractivity (Wildman–Crippen MR) is 72.0 cm³/mol. The summed E-state index contributed by atoms with van der Waals surface area (Å²) in [6.45, 7) is 9.52. The molecule has 0 spiro atoms. The van der Waals surface area contributed by atoms with Gasteiger partial charge in [0.05, 0.1) is 11.4 Å². The molecule has 1 heterocycles. The van der Waals surface area contributed by atoms with E-state index in [1.54, 1.807) is 0 Å². The van der Waals surface area contributed by atoms with Gasteiger partial charge in [-0.15, -0.1) is 0 Å². The fraction of sp³-hybridized carbons (Fsp3) is 0.769. The molecule has 4 heteroatoms. The molecule has 0 radical (unpaired) electrons. The average Bonchev–Trinajstić information content (AvgIpc) is 2.64. The van der Waals surface area contributed by atoms with Crippen molar-refractivity contribution < 1.29 is 0 Å². The number of nitrogens with one attached hydrogen (secondary N) is 2. The molecule has 2 N–H and O–H groups in total. The molecule has 0 unspecified atom stereocenters. The molecule has 0 saturated heterocycles. The van der Waals surface area contributed by atoms with Gasteiger partial charge in [-0.1, -0.05) is 20.8 Å². The first kappa shape index (κ1) is 14.2. The van der Waals surface area contributed by atoms with Crippen molar-refractivity contribution in [2.75, 3.05) is 13.1 Å². The maximum Gasteiger partial charge on any atom is 0.0625 e. The van der Waals surface area contributed by atoms with E-state index in [0.29, 0.717) is 6.04 Å². The number of rotatable bonds is 8. The third kappa shape index (κ3) is 5.33. The van der Waals surface area contributed by atoms with E-state index < -0.39 is 0 Å². The average molecular weight is 238 g/mol. The van der Waals surface area contributed by atoms with Crippen LogP contribution in [0.3, 0.4) is 0 Å². The molecule has 0 bridgehead atoms. The monoisotopic (exact) mass is 238 g/mol. The van der Waals surface area contributed by atoms with Crippen LogP contribution in [0.2, 0.25) is 0 Å². The van der Waals surface area contributed by atoms with Gasteiger partial charge in [0.1, 0.15) is 0 Å². The molecule has 0 aliphatic rings. The van der Waals surface area contributed by atoms with E-state index in [-0.39, 0.29) is 0 Å². The molecule has 0 aliphatic heterocycles. The van der Waals surface area contributed by atoms with Gasteiger partial charge in [-0.25, -0.2) is 0 Å². The lowest BCUT2D eigenvalue weighted by Gasteiger charge is -2.08. The molecule has 4 nitrogen and oxygen atoms in total. The van der Waals surface area contributed by atoms with Crippen LogP contribution in [0, 0.1) is 0 Å². The summed E-state index contributed by atoms with van der Waals surface area (Å²) in [5.74, 6) is 0. The second kappa shape index (κ2) is 7.45. The van der Waals surface area contributed by atoms with Crippen molar-refractivity contribution in [2.45, 2.75) is 46.2 Å². The Labute approximate surface area is 105 Å². The lowest BCUT2D eigenvalue weighted by molar-refractivity contribution is 0.540. The van der Waals surface area contributed by atoms with E-state index in [0.717, 1.165) is 32.5 Å². The summed E-state index contributed by atoms with van der Waals surface area (Å²) in [6.07, 6.45) is 2.17. The van der Waals surface area contributed by atoms with Crippen LogP contribution < -0.4 is 10.6 Å². The zero-order valence-corrected chi connectivity index (χ0v) is 11.6. The SMILES string of the molecule is CCc1cc(CNCCCNC(C)C)n(C)n1. The van der Waals surface area contributed by atoms with E-state index >= 15 is 0 Å². The lowest BCUT2D eigenvalue weighted by Crippen LogP contribution is -2.27. The van der Waals surface area contributed by atoms with Gasteiger partial charge in [0.2, 0.25) is 0 Å². The molecule has 0 amide bonds. The van der Waals surface area contributed by atoms with Crippen LogP contribution in [0.15, 0.2) is 6.07 Å².